The van der Waals surface area contributed by atoms with Crippen LogP contribution >= 0.6 is 0 Å². The molecule has 0 aromatic heterocycles. The Labute approximate surface area is 112 Å². The Morgan fingerprint density at radius 3 is 2.44 bits per heavy atom. The van der Waals surface area contributed by atoms with Crippen LogP contribution in [0.25, 0.3) is 0 Å². The van der Waals surface area contributed by atoms with Crippen LogP contribution in [0.2, 0.25) is 0 Å². The molecule has 0 radical (unpaired) electrons. The van der Waals surface area contributed by atoms with Crippen molar-refractivity contribution >= 4 is 0 Å². The van der Waals surface area contributed by atoms with E-state index in [0.29, 0.717) is 12.0 Å². The van der Waals surface area contributed by atoms with Gasteiger partial charge in [0, 0.05) is 26.7 Å². The first-order chi connectivity index (χ1) is 8.72. The van der Waals surface area contributed by atoms with E-state index >= 15 is 0 Å². The summed E-state index contributed by atoms with van der Waals surface area (Å²) in [5, 5.41) is 3.36. The molecule has 0 aliphatic carbocycles. The van der Waals surface area contributed by atoms with Gasteiger partial charge >= 0.3 is 0 Å². The van der Waals surface area contributed by atoms with E-state index in [1.54, 1.807) is 7.11 Å². The number of piperidine rings is 1. The van der Waals surface area contributed by atoms with E-state index in [4.69, 9.17) is 9.47 Å². The molecule has 4 nitrogen and oxygen atoms in total. The van der Waals surface area contributed by atoms with E-state index < -0.39 is 0 Å². The van der Waals surface area contributed by atoms with Gasteiger partial charge in [0.15, 0.2) is 0 Å². The van der Waals surface area contributed by atoms with E-state index in [1.165, 1.54) is 0 Å². The van der Waals surface area contributed by atoms with E-state index in [2.05, 4.69) is 24.1 Å². The van der Waals surface area contributed by atoms with Gasteiger partial charge in [0.25, 0.3) is 0 Å². The molecule has 0 unspecified atom stereocenters. The quantitative estimate of drug-likeness (QED) is 0.677. The molecule has 0 aromatic carbocycles. The lowest BCUT2D eigenvalue weighted by Gasteiger charge is -2.27. The van der Waals surface area contributed by atoms with Crippen molar-refractivity contribution in [1.82, 2.24) is 10.2 Å². The molecule has 4 heteroatoms. The number of ether oxygens (including phenoxy) is 2. The topological polar surface area (TPSA) is 33.7 Å². The highest BCUT2D eigenvalue weighted by molar-refractivity contribution is 4.68. The van der Waals surface area contributed by atoms with Gasteiger partial charge in [-0.15, -0.1) is 0 Å². The average Bonchev–Trinajstić information content (AvgIpc) is 2.36. The number of nitrogens with one attached hydrogen (secondary N) is 1. The molecule has 0 bridgehead atoms. The summed E-state index contributed by atoms with van der Waals surface area (Å²) in [6.07, 6.45) is 2.78. The van der Waals surface area contributed by atoms with Crippen molar-refractivity contribution in [3.05, 3.63) is 0 Å². The largest absolute Gasteiger partial charge is 0.383 e. The maximum absolute atomic E-state index is 5.95. The highest BCUT2D eigenvalue weighted by atomic mass is 16.5. The maximum Gasteiger partial charge on any atom is 0.0600 e. The van der Waals surface area contributed by atoms with Gasteiger partial charge in [0.2, 0.25) is 0 Å². The zero-order chi connectivity index (χ0) is 13.2. The second-order valence-electron chi connectivity index (χ2n) is 5.51. The molecule has 18 heavy (non-hydrogen) atoms. The van der Waals surface area contributed by atoms with E-state index in [-0.39, 0.29) is 0 Å². The van der Waals surface area contributed by atoms with Gasteiger partial charge < -0.3 is 14.8 Å². The molecular formula is C14H30N2O2. The summed E-state index contributed by atoms with van der Waals surface area (Å²) in [6.45, 7) is 11.5. The van der Waals surface area contributed by atoms with Gasteiger partial charge in [-0.1, -0.05) is 13.8 Å². The molecule has 1 saturated heterocycles. The molecule has 1 N–H and O–H groups in total. The van der Waals surface area contributed by atoms with Crippen LogP contribution in [0.5, 0.6) is 0 Å². The van der Waals surface area contributed by atoms with Crippen molar-refractivity contribution in [2.24, 2.45) is 5.92 Å². The van der Waals surface area contributed by atoms with Gasteiger partial charge in [-0.25, -0.2) is 0 Å². The summed E-state index contributed by atoms with van der Waals surface area (Å²) in [5.41, 5.74) is 0. The SMILES string of the molecule is COCCN(CCOC1CCNCC1)CC(C)C. The van der Waals surface area contributed by atoms with Crippen LogP contribution in [0.15, 0.2) is 0 Å². The van der Waals surface area contributed by atoms with E-state index in [1.807, 2.05) is 0 Å². The zero-order valence-electron chi connectivity index (χ0n) is 12.3. The molecule has 0 atom stereocenters. The zero-order valence-corrected chi connectivity index (χ0v) is 12.3. The second kappa shape index (κ2) is 9.73. The monoisotopic (exact) mass is 258 g/mol. The van der Waals surface area contributed by atoms with Crippen molar-refractivity contribution in [2.75, 3.05) is 53.0 Å². The minimum atomic E-state index is 0.467. The van der Waals surface area contributed by atoms with Crippen LogP contribution in [0.1, 0.15) is 26.7 Å². The maximum atomic E-state index is 5.95. The predicted molar refractivity (Wildman–Crippen MR) is 75.0 cm³/mol. The highest BCUT2D eigenvalue weighted by Gasteiger charge is 2.14. The van der Waals surface area contributed by atoms with E-state index in [9.17, 15) is 0 Å². The van der Waals surface area contributed by atoms with E-state index in [0.717, 1.165) is 58.8 Å². The fourth-order valence-electron chi connectivity index (χ4n) is 2.34. The smallest absolute Gasteiger partial charge is 0.0600 e. The van der Waals surface area contributed by atoms with Crippen LogP contribution in [0, 0.1) is 5.92 Å². The lowest BCUT2D eigenvalue weighted by Crippen LogP contribution is -2.37. The van der Waals surface area contributed by atoms with Crippen LogP contribution in [0.4, 0.5) is 0 Å². The number of methoxy groups -OCH3 is 1. The lowest BCUT2D eigenvalue weighted by molar-refractivity contribution is 0.0154. The molecular weight excluding hydrogens is 228 g/mol. The third-order valence-corrected chi connectivity index (χ3v) is 3.28. The third-order valence-electron chi connectivity index (χ3n) is 3.28. The summed E-state index contributed by atoms with van der Waals surface area (Å²) >= 11 is 0. The second-order valence-corrected chi connectivity index (χ2v) is 5.51. The number of rotatable bonds is 9. The Hall–Kier alpha value is -0.160. The van der Waals surface area contributed by atoms with Gasteiger partial charge in [-0.3, -0.25) is 4.90 Å². The Morgan fingerprint density at radius 2 is 1.83 bits per heavy atom. The summed E-state index contributed by atoms with van der Waals surface area (Å²) in [7, 11) is 1.76. The molecule has 1 aliphatic rings. The van der Waals surface area contributed by atoms with Crippen molar-refractivity contribution in [1.29, 1.82) is 0 Å². The number of hydrogen-bond acceptors (Lipinski definition) is 4. The molecule has 0 spiro atoms. The molecule has 0 saturated carbocycles. The first-order valence-corrected chi connectivity index (χ1v) is 7.26. The molecule has 1 rings (SSSR count). The first-order valence-electron chi connectivity index (χ1n) is 7.26. The Bertz CT molecular complexity index is 194. The molecule has 1 aliphatic heterocycles. The van der Waals surface area contributed by atoms with Crippen LogP contribution in [0.3, 0.4) is 0 Å². The molecule has 108 valence electrons. The molecule has 1 heterocycles. The van der Waals surface area contributed by atoms with Gasteiger partial charge in [0.05, 0.1) is 19.3 Å². The minimum Gasteiger partial charge on any atom is -0.383 e. The van der Waals surface area contributed by atoms with Gasteiger partial charge in [0.1, 0.15) is 0 Å². The average molecular weight is 258 g/mol. The fraction of sp³-hybridized carbons (Fsp3) is 1.00. The minimum absolute atomic E-state index is 0.467. The summed E-state index contributed by atoms with van der Waals surface area (Å²) in [4.78, 5) is 2.44. The normalized spacial score (nSPS) is 17.8. The standard InChI is InChI=1S/C14H30N2O2/c1-13(2)12-16(8-10-17-3)9-11-18-14-4-6-15-7-5-14/h13-15H,4-12H2,1-3H3. The lowest BCUT2D eigenvalue weighted by atomic mass is 10.1. The fourth-order valence-corrected chi connectivity index (χ4v) is 2.34. The van der Waals surface area contributed by atoms with Crippen LogP contribution in [-0.2, 0) is 9.47 Å². The number of nitrogens with zero attached hydrogens (tertiary/aromatic N) is 1. The molecule has 0 aromatic rings. The van der Waals surface area contributed by atoms with Crippen molar-refractivity contribution < 1.29 is 9.47 Å². The molecule has 0 amide bonds. The molecule has 1 fully saturated rings. The summed E-state index contributed by atoms with van der Waals surface area (Å²) < 4.78 is 11.1. The third kappa shape index (κ3) is 7.31. The Morgan fingerprint density at radius 1 is 1.17 bits per heavy atom. The van der Waals surface area contributed by atoms with Crippen molar-refractivity contribution in [3.63, 3.8) is 0 Å². The Kier molecular flexibility index (Phi) is 8.59. The summed E-state index contributed by atoms with van der Waals surface area (Å²) in [6, 6.07) is 0. The van der Waals surface area contributed by atoms with Crippen LogP contribution < -0.4 is 5.32 Å². The first kappa shape index (κ1) is 15.9. The number of hydrogen-bond donors (Lipinski definition) is 1. The van der Waals surface area contributed by atoms with Crippen molar-refractivity contribution in [2.45, 2.75) is 32.8 Å². The Balaban J connectivity index is 2.14. The van der Waals surface area contributed by atoms with Gasteiger partial charge in [-0.05, 0) is 31.8 Å². The van der Waals surface area contributed by atoms with Crippen LogP contribution in [-0.4, -0.2) is 64.1 Å². The predicted octanol–water partition coefficient (Wildman–Crippen LogP) is 1.36. The highest BCUT2D eigenvalue weighted by Crippen LogP contribution is 2.07. The van der Waals surface area contributed by atoms with Gasteiger partial charge in [-0.2, -0.15) is 0 Å². The van der Waals surface area contributed by atoms with Crippen molar-refractivity contribution in [3.8, 4) is 0 Å². The summed E-state index contributed by atoms with van der Waals surface area (Å²) in [5.74, 6) is 0.695.